The van der Waals surface area contributed by atoms with Gasteiger partial charge in [0.1, 0.15) is 0 Å². The van der Waals surface area contributed by atoms with Crippen molar-refractivity contribution in [1.82, 2.24) is 4.57 Å². The van der Waals surface area contributed by atoms with Crippen LogP contribution in [-0.4, -0.2) is 21.9 Å². The maximum Gasteiger partial charge on any atom is 0.290 e. The lowest BCUT2D eigenvalue weighted by Crippen LogP contribution is -2.23. The fourth-order valence-electron chi connectivity index (χ4n) is 4.14. The maximum atomic E-state index is 12.8. The quantitative estimate of drug-likeness (QED) is 0.505. The predicted molar refractivity (Wildman–Crippen MR) is 121 cm³/mol. The number of carboxylic acid groups (broad SMARTS) is 1. The molecule has 1 fully saturated rings. The first kappa shape index (κ1) is 20.2. The third-order valence-corrected chi connectivity index (χ3v) is 7.59. The minimum Gasteiger partial charge on any atom is -0.483 e. The number of rotatable bonds is 3. The van der Waals surface area contributed by atoms with Gasteiger partial charge in [-0.2, -0.15) is 0 Å². The molecule has 0 amide bonds. The van der Waals surface area contributed by atoms with Gasteiger partial charge in [-0.15, -0.1) is 11.8 Å². The van der Waals surface area contributed by atoms with Crippen molar-refractivity contribution in [2.75, 3.05) is 5.75 Å². The van der Waals surface area contributed by atoms with Crippen molar-refractivity contribution >= 4 is 44.9 Å². The van der Waals surface area contributed by atoms with Crippen LogP contribution < -0.4 is 5.56 Å². The van der Waals surface area contributed by atoms with E-state index in [0.29, 0.717) is 12.0 Å². The highest BCUT2D eigenvalue weighted by Crippen LogP contribution is 2.48. The summed E-state index contributed by atoms with van der Waals surface area (Å²) >= 11 is 5.54. The number of halogens is 1. The Morgan fingerprint density at radius 1 is 1.17 bits per heavy atom. The number of thioether (sulfide) groups is 1. The molecule has 4 nitrogen and oxygen atoms in total. The summed E-state index contributed by atoms with van der Waals surface area (Å²) in [5.74, 6) is 1.66. The molecule has 0 saturated heterocycles. The summed E-state index contributed by atoms with van der Waals surface area (Å²) in [7, 11) is 0. The van der Waals surface area contributed by atoms with Crippen molar-refractivity contribution in [3.8, 4) is 0 Å². The van der Waals surface area contributed by atoms with E-state index in [0.717, 1.165) is 16.6 Å². The largest absolute Gasteiger partial charge is 0.483 e. The molecule has 6 heteroatoms. The van der Waals surface area contributed by atoms with Crippen LogP contribution in [0.2, 0.25) is 0 Å². The van der Waals surface area contributed by atoms with E-state index >= 15 is 0 Å². The molecule has 0 radical (unpaired) electrons. The van der Waals surface area contributed by atoms with Crippen LogP contribution in [-0.2, 0) is 11.2 Å². The SMILES string of the molecule is CC1CSc2c(C3CC3)c(Cc3ccc(Br)c4ccccc34)cc(=O)n21.O=CO. The van der Waals surface area contributed by atoms with E-state index < -0.39 is 0 Å². The summed E-state index contributed by atoms with van der Waals surface area (Å²) in [4.78, 5) is 21.1. The van der Waals surface area contributed by atoms with Crippen LogP contribution in [0.5, 0.6) is 0 Å². The van der Waals surface area contributed by atoms with Gasteiger partial charge < -0.3 is 5.11 Å². The maximum absolute atomic E-state index is 12.8. The zero-order valence-corrected chi connectivity index (χ0v) is 18.5. The molecular weight excluding hydrogens is 450 g/mol. The van der Waals surface area contributed by atoms with Crippen molar-refractivity contribution in [1.29, 1.82) is 0 Å². The summed E-state index contributed by atoms with van der Waals surface area (Å²) < 4.78 is 3.15. The topological polar surface area (TPSA) is 59.3 Å². The molecule has 2 aliphatic rings. The molecule has 1 N–H and O–H groups in total. The predicted octanol–water partition coefficient (Wildman–Crippen LogP) is 5.60. The summed E-state index contributed by atoms with van der Waals surface area (Å²) in [5.41, 5.74) is 4.15. The molecule has 2 aromatic carbocycles. The Hall–Kier alpha value is -2.05. The van der Waals surface area contributed by atoms with Gasteiger partial charge in [-0.05, 0) is 65.6 Å². The lowest BCUT2D eigenvalue weighted by Gasteiger charge is -2.17. The van der Waals surface area contributed by atoms with Crippen LogP contribution in [0.3, 0.4) is 0 Å². The number of aromatic nitrogens is 1. The fraction of sp³-hybridized carbons (Fsp3) is 0.304. The van der Waals surface area contributed by atoms with Gasteiger partial charge in [-0.25, -0.2) is 0 Å². The third kappa shape index (κ3) is 3.88. The minimum absolute atomic E-state index is 0.165. The third-order valence-electron chi connectivity index (χ3n) is 5.56. The zero-order chi connectivity index (χ0) is 20.5. The van der Waals surface area contributed by atoms with Crippen LogP contribution in [0.1, 0.15) is 48.4 Å². The van der Waals surface area contributed by atoms with Gasteiger partial charge in [0, 0.05) is 22.3 Å². The lowest BCUT2D eigenvalue weighted by atomic mass is 9.95. The van der Waals surface area contributed by atoms with Gasteiger partial charge in [0.2, 0.25) is 0 Å². The van der Waals surface area contributed by atoms with Gasteiger partial charge in [0.25, 0.3) is 12.0 Å². The molecule has 5 rings (SSSR count). The number of fused-ring (bicyclic) bond motifs is 2. The smallest absolute Gasteiger partial charge is 0.290 e. The highest BCUT2D eigenvalue weighted by molar-refractivity contribution is 9.10. The van der Waals surface area contributed by atoms with E-state index in [4.69, 9.17) is 9.90 Å². The van der Waals surface area contributed by atoms with E-state index in [1.807, 2.05) is 22.4 Å². The molecule has 3 aromatic rings. The van der Waals surface area contributed by atoms with Crippen molar-refractivity contribution in [3.63, 3.8) is 0 Å². The molecule has 0 bridgehead atoms. The van der Waals surface area contributed by atoms with Crippen LogP contribution in [0.15, 0.2) is 56.8 Å². The van der Waals surface area contributed by atoms with E-state index in [1.165, 1.54) is 45.3 Å². The van der Waals surface area contributed by atoms with Crippen LogP contribution in [0.4, 0.5) is 0 Å². The summed E-state index contributed by atoms with van der Waals surface area (Å²) in [6.45, 7) is 1.91. The first-order chi connectivity index (χ1) is 14.0. The molecule has 2 heterocycles. The molecule has 1 aliphatic heterocycles. The molecule has 1 saturated carbocycles. The second kappa shape index (κ2) is 8.36. The Labute approximate surface area is 182 Å². The molecule has 1 aromatic heterocycles. The average Bonchev–Trinajstić information content (AvgIpc) is 3.47. The molecule has 29 heavy (non-hydrogen) atoms. The summed E-state index contributed by atoms with van der Waals surface area (Å²) in [5, 5.41) is 10.6. The molecule has 0 spiro atoms. The monoisotopic (exact) mass is 471 g/mol. The average molecular weight is 472 g/mol. The van der Waals surface area contributed by atoms with Crippen LogP contribution in [0, 0.1) is 0 Å². The second-order valence-corrected chi connectivity index (χ2v) is 9.43. The zero-order valence-electron chi connectivity index (χ0n) is 16.1. The van der Waals surface area contributed by atoms with E-state index in [2.05, 4.69) is 59.3 Å². The highest BCUT2D eigenvalue weighted by atomic mass is 79.9. The standard InChI is InChI=1S/C22H20BrNOS.CH2O2/c1-13-12-26-22-21(14-6-7-14)16(11-20(25)24(13)22)10-15-8-9-19(23)18-5-3-2-4-17(15)18;2-1-3/h2-5,8-9,11,13-14H,6-7,10,12H2,1H3;1H,(H,2,3). The van der Waals surface area contributed by atoms with Gasteiger partial charge in [-0.1, -0.05) is 46.3 Å². The van der Waals surface area contributed by atoms with Crippen molar-refractivity contribution < 1.29 is 9.90 Å². The van der Waals surface area contributed by atoms with E-state index in [-0.39, 0.29) is 12.0 Å². The molecule has 150 valence electrons. The molecular formula is C23H22BrNO3S. The summed E-state index contributed by atoms with van der Waals surface area (Å²) in [6, 6.07) is 15.1. The highest BCUT2D eigenvalue weighted by Gasteiger charge is 2.34. The Balaban J connectivity index is 0.000000645. The van der Waals surface area contributed by atoms with E-state index in [9.17, 15) is 4.79 Å². The normalized spacial score (nSPS) is 17.5. The van der Waals surface area contributed by atoms with Gasteiger partial charge in [0.15, 0.2) is 0 Å². The fourth-order valence-corrected chi connectivity index (χ4v) is 6.03. The van der Waals surface area contributed by atoms with Gasteiger partial charge >= 0.3 is 0 Å². The van der Waals surface area contributed by atoms with Gasteiger partial charge in [0.05, 0.1) is 5.03 Å². The van der Waals surface area contributed by atoms with Gasteiger partial charge in [-0.3, -0.25) is 14.2 Å². The first-order valence-corrected chi connectivity index (χ1v) is 11.5. The number of hydrogen-bond acceptors (Lipinski definition) is 3. The Morgan fingerprint density at radius 2 is 1.86 bits per heavy atom. The van der Waals surface area contributed by atoms with Crippen molar-refractivity contribution in [3.05, 3.63) is 74.0 Å². The number of carbonyl (C=O) groups is 1. The van der Waals surface area contributed by atoms with Crippen molar-refractivity contribution in [2.24, 2.45) is 0 Å². The minimum atomic E-state index is -0.250. The molecule has 1 unspecified atom stereocenters. The Bertz CT molecular complexity index is 1140. The van der Waals surface area contributed by atoms with Crippen LogP contribution >= 0.6 is 27.7 Å². The lowest BCUT2D eigenvalue weighted by molar-refractivity contribution is -0.122. The molecule has 1 atom stereocenters. The van der Waals surface area contributed by atoms with E-state index in [1.54, 1.807) is 0 Å². The Morgan fingerprint density at radius 3 is 2.55 bits per heavy atom. The first-order valence-electron chi connectivity index (χ1n) is 9.70. The molecule has 1 aliphatic carbocycles. The van der Waals surface area contributed by atoms with Crippen LogP contribution in [0.25, 0.3) is 10.8 Å². The number of benzene rings is 2. The number of nitrogens with zero attached hydrogens (tertiary/aromatic N) is 1. The number of hydrogen-bond donors (Lipinski definition) is 1. The number of pyridine rings is 1. The van der Waals surface area contributed by atoms with Crippen molar-refractivity contribution in [2.45, 2.75) is 43.2 Å². The summed E-state index contributed by atoms with van der Waals surface area (Å²) in [6.07, 6.45) is 3.35. The Kier molecular flexibility index (Phi) is 5.83. The second-order valence-electron chi connectivity index (χ2n) is 7.57.